The molecule has 0 aliphatic heterocycles. The molecule has 0 amide bonds. The van der Waals surface area contributed by atoms with Crippen molar-refractivity contribution >= 4 is 5.95 Å². The molecule has 2 aromatic carbocycles. The zero-order valence-electron chi connectivity index (χ0n) is 18.0. The SMILES string of the molecule is COc1ccc(CN(Cc2ccc(OC)cc2)c2nc(OC)c(O)c(C3CC3)n2)cc1. The van der Waals surface area contributed by atoms with Gasteiger partial charge in [-0.1, -0.05) is 24.3 Å². The maximum atomic E-state index is 10.5. The lowest BCUT2D eigenvalue weighted by atomic mass is 10.1. The van der Waals surface area contributed by atoms with Gasteiger partial charge in [0.25, 0.3) is 5.88 Å². The fourth-order valence-corrected chi connectivity index (χ4v) is 3.46. The fraction of sp³-hybridized carbons (Fsp3) is 0.333. The van der Waals surface area contributed by atoms with E-state index < -0.39 is 0 Å². The van der Waals surface area contributed by atoms with Gasteiger partial charge in [-0.2, -0.15) is 4.98 Å². The molecule has 0 spiro atoms. The van der Waals surface area contributed by atoms with E-state index in [1.54, 1.807) is 14.2 Å². The molecule has 0 atom stereocenters. The number of hydrogen-bond acceptors (Lipinski definition) is 7. The molecule has 0 saturated heterocycles. The van der Waals surface area contributed by atoms with Gasteiger partial charge < -0.3 is 24.2 Å². The van der Waals surface area contributed by atoms with Gasteiger partial charge in [0.05, 0.1) is 27.0 Å². The van der Waals surface area contributed by atoms with Crippen LogP contribution in [0.25, 0.3) is 0 Å². The standard InChI is InChI=1S/C24H27N3O4/c1-29-19-10-4-16(5-11-19)14-27(15-17-6-12-20(30-2)13-7-17)24-25-21(18-8-9-18)22(28)23(26-24)31-3/h4-7,10-13,18,28H,8-9,14-15H2,1-3H3. The second kappa shape index (κ2) is 9.12. The molecule has 4 rings (SSSR count). The zero-order chi connectivity index (χ0) is 21.8. The van der Waals surface area contributed by atoms with Crippen molar-refractivity contribution in [2.45, 2.75) is 31.8 Å². The van der Waals surface area contributed by atoms with Crippen LogP contribution in [0.15, 0.2) is 48.5 Å². The molecule has 7 heteroatoms. The highest BCUT2D eigenvalue weighted by Gasteiger charge is 2.31. The molecule has 1 heterocycles. The van der Waals surface area contributed by atoms with E-state index in [0.717, 1.165) is 35.5 Å². The molecule has 1 aliphatic rings. The Morgan fingerprint density at radius 1 is 0.806 bits per heavy atom. The Kier molecular flexibility index (Phi) is 6.11. The molecule has 7 nitrogen and oxygen atoms in total. The van der Waals surface area contributed by atoms with E-state index in [1.807, 2.05) is 48.5 Å². The van der Waals surface area contributed by atoms with Crippen molar-refractivity contribution in [1.82, 2.24) is 9.97 Å². The number of anilines is 1. The Hall–Kier alpha value is -3.48. The molecule has 1 aromatic heterocycles. The van der Waals surface area contributed by atoms with Crippen LogP contribution in [-0.2, 0) is 13.1 Å². The summed E-state index contributed by atoms with van der Waals surface area (Å²) in [6, 6.07) is 15.9. The first-order valence-corrected chi connectivity index (χ1v) is 10.3. The first-order valence-electron chi connectivity index (χ1n) is 10.3. The van der Waals surface area contributed by atoms with Gasteiger partial charge in [0.1, 0.15) is 11.5 Å². The van der Waals surface area contributed by atoms with Crippen LogP contribution in [0.5, 0.6) is 23.1 Å². The minimum Gasteiger partial charge on any atom is -0.502 e. The third-order valence-electron chi connectivity index (χ3n) is 5.37. The molecule has 1 saturated carbocycles. The van der Waals surface area contributed by atoms with E-state index in [9.17, 15) is 5.11 Å². The monoisotopic (exact) mass is 421 g/mol. The third kappa shape index (κ3) is 4.82. The minimum absolute atomic E-state index is 0.0441. The van der Waals surface area contributed by atoms with E-state index in [0.29, 0.717) is 24.7 Å². The predicted octanol–water partition coefficient (Wildman–Crippen LogP) is 4.29. The highest BCUT2D eigenvalue weighted by Crippen LogP contribution is 2.46. The molecule has 1 N–H and O–H groups in total. The van der Waals surface area contributed by atoms with Crippen molar-refractivity contribution in [2.24, 2.45) is 0 Å². The van der Waals surface area contributed by atoms with Gasteiger partial charge >= 0.3 is 0 Å². The minimum atomic E-state index is 0.0441. The fourth-order valence-electron chi connectivity index (χ4n) is 3.46. The number of hydrogen-bond donors (Lipinski definition) is 1. The summed E-state index contributed by atoms with van der Waals surface area (Å²) in [5, 5.41) is 10.5. The summed E-state index contributed by atoms with van der Waals surface area (Å²) >= 11 is 0. The normalized spacial score (nSPS) is 13.0. The maximum absolute atomic E-state index is 10.5. The lowest BCUT2D eigenvalue weighted by molar-refractivity contribution is 0.353. The van der Waals surface area contributed by atoms with Crippen molar-refractivity contribution in [3.05, 3.63) is 65.4 Å². The van der Waals surface area contributed by atoms with Crippen LogP contribution in [-0.4, -0.2) is 36.4 Å². The van der Waals surface area contributed by atoms with Gasteiger partial charge in [-0.05, 0) is 48.2 Å². The molecule has 1 fully saturated rings. The lowest BCUT2D eigenvalue weighted by Gasteiger charge is -2.24. The second-order valence-electron chi connectivity index (χ2n) is 7.59. The Balaban J connectivity index is 1.68. The lowest BCUT2D eigenvalue weighted by Crippen LogP contribution is -2.25. The Labute approximate surface area is 182 Å². The number of nitrogens with zero attached hydrogens (tertiary/aromatic N) is 3. The van der Waals surface area contributed by atoms with E-state index in [2.05, 4.69) is 9.88 Å². The number of methoxy groups -OCH3 is 3. The smallest absolute Gasteiger partial charge is 0.261 e. The molecular weight excluding hydrogens is 394 g/mol. The van der Waals surface area contributed by atoms with E-state index in [4.69, 9.17) is 19.2 Å². The average Bonchev–Trinajstić information content (AvgIpc) is 3.65. The van der Waals surface area contributed by atoms with Gasteiger partial charge in [-0.15, -0.1) is 0 Å². The Morgan fingerprint density at radius 3 is 1.74 bits per heavy atom. The van der Waals surface area contributed by atoms with Crippen LogP contribution in [0, 0.1) is 0 Å². The number of benzene rings is 2. The van der Waals surface area contributed by atoms with Crippen molar-refractivity contribution in [1.29, 1.82) is 0 Å². The van der Waals surface area contributed by atoms with Crippen molar-refractivity contribution in [3.8, 4) is 23.1 Å². The number of ether oxygens (including phenoxy) is 3. The van der Waals surface area contributed by atoms with Crippen LogP contribution in [0.1, 0.15) is 35.6 Å². The van der Waals surface area contributed by atoms with Gasteiger partial charge in [-0.25, -0.2) is 4.98 Å². The number of rotatable bonds is 9. The topological polar surface area (TPSA) is 76.9 Å². The largest absolute Gasteiger partial charge is 0.502 e. The van der Waals surface area contributed by atoms with Crippen LogP contribution in [0.3, 0.4) is 0 Å². The first kappa shape index (κ1) is 20.8. The maximum Gasteiger partial charge on any atom is 0.261 e. The molecule has 0 radical (unpaired) electrons. The zero-order valence-corrected chi connectivity index (χ0v) is 18.0. The Bertz CT molecular complexity index is 969. The summed E-state index contributed by atoms with van der Waals surface area (Å²) in [5.74, 6) is 2.67. The highest BCUT2D eigenvalue weighted by molar-refractivity contribution is 5.47. The van der Waals surface area contributed by atoms with Crippen molar-refractivity contribution in [3.63, 3.8) is 0 Å². The summed E-state index contributed by atoms with van der Waals surface area (Å²) in [5.41, 5.74) is 2.85. The van der Waals surface area contributed by atoms with Gasteiger partial charge in [0.2, 0.25) is 11.7 Å². The number of aromatic hydroxyl groups is 1. The summed E-state index contributed by atoms with van der Waals surface area (Å²) in [6.07, 6.45) is 2.04. The van der Waals surface area contributed by atoms with Crippen LogP contribution >= 0.6 is 0 Å². The molecule has 31 heavy (non-hydrogen) atoms. The third-order valence-corrected chi connectivity index (χ3v) is 5.37. The summed E-state index contributed by atoms with van der Waals surface area (Å²) < 4.78 is 15.9. The molecule has 162 valence electrons. The Morgan fingerprint density at radius 2 is 1.32 bits per heavy atom. The predicted molar refractivity (Wildman–Crippen MR) is 118 cm³/mol. The second-order valence-corrected chi connectivity index (χ2v) is 7.59. The van der Waals surface area contributed by atoms with Crippen LogP contribution < -0.4 is 19.1 Å². The first-order chi connectivity index (χ1) is 15.1. The van der Waals surface area contributed by atoms with E-state index in [-0.39, 0.29) is 17.5 Å². The summed E-state index contributed by atoms with van der Waals surface area (Å²) in [4.78, 5) is 11.3. The quantitative estimate of drug-likeness (QED) is 0.552. The van der Waals surface area contributed by atoms with Gasteiger partial charge in [0.15, 0.2) is 0 Å². The molecule has 3 aromatic rings. The van der Waals surface area contributed by atoms with Gasteiger partial charge in [-0.3, -0.25) is 0 Å². The highest BCUT2D eigenvalue weighted by atomic mass is 16.5. The molecule has 0 unspecified atom stereocenters. The van der Waals surface area contributed by atoms with Crippen LogP contribution in [0.2, 0.25) is 0 Å². The van der Waals surface area contributed by atoms with Crippen LogP contribution in [0.4, 0.5) is 5.95 Å². The number of aromatic nitrogens is 2. The van der Waals surface area contributed by atoms with E-state index >= 15 is 0 Å². The summed E-state index contributed by atoms with van der Waals surface area (Å²) in [7, 11) is 4.82. The van der Waals surface area contributed by atoms with Gasteiger partial charge in [0, 0.05) is 19.0 Å². The summed E-state index contributed by atoms with van der Waals surface area (Å²) in [6.45, 7) is 1.18. The molecule has 1 aliphatic carbocycles. The molecular formula is C24H27N3O4. The average molecular weight is 421 g/mol. The molecule has 0 bridgehead atoms. The van der Waals surface area contributed by atoms with Crippen molar-refractivity contribution < 1.29 is 19.3 Å². The van der Waals surface area contributed by atoms with Crippen molar-refractivity contribution in [2.75, 3.05) is 26.2 Å². The van der Waals surface area contributed by atoms with E-state index in [1.165, 1.54) is 7.11 Å².